The summed E-state index contributed by atoms with van der Waals surface area (Å²) in [4.78, 5) is 0. The Morgan fingerprint density at radius 2 is 0.702 bits per heavy atom. The van der Waals surface area contributed by atoms with Gasteiger partial charge in [-0.2, -0.15) is 0 Å². The predicted molar refractivity (Wildman–Crippen MR) is 235 cm³/mol. The molecule has 0 fully saturated rings. The summed E-state index contributed by atoms with van der Waals surface area (Å²) in [5, 5.41) is 16.6. The van der Waals surface area contributed by atoms with Gasteiger partial charge in [0.25, 0.3) is 0 Å². The number of benzene rings is 8. The van der Waals surface area contributed by atoms with Crippen LogP contribution in [-0.4, -0.2) is 28.5 Å². The first kappa shape index (κ1) is 31.6. The maximum absolute atomic E-state index is 4.69. The molecular formula is C51H34N6. The SMILES string of the molecule is Cc1nnc(-c2cccc(-n3c4ccc(-n5c6ccccc6c6ccccc65)cc4c4cc(-n5c6ccccc6c6ccccc65)ccc43)c2)n1-c1ccccc1. The highest BCUT2D eigenvalue weighted by atomic mass is 15.3. The van der Waals surface area contributed by atoms with E-state index in [2.05, 4.69) is 198 Å². The molecule has 12 rings (SSSR count). The first-order valence-corrected chi connectivity index (χ1v) is 19.3. The van der Waals surface area contributed by atoms with Gasteiger partial charge in [-0.1, -0.05) is 103 Å². The second-order valence-electron chi connectivity index (χ2n) is 14.8. The van der Waals surface area contributed by atoms with E-state index in [1.54, 1.807) is 0 Å². The highest BCUT2D eigenvalue weighted by Crippen LogP contribution is 2.40. The van der Waals surface area contributed by atoms with Crippen LogP contribution in [0.3, 0.4) is 0 Å². The Hall–Kier alpha value is -7.70. The Balaban J connectivity index is 1.13. The monoisotopic (exact) mass is 730 g/mol. The Labute approximate surface area is 327 Å². The maximum Gasteiger partial charge on any atom is 0.168 e. The number of aryl methyl sites for hydroxylation is 1. The number of para-hydroxylation sites is 5. The van der Waals surface area contributed by atoms with Crippen molar-refractivity contribution >= 4 is 65.4 Å². The standard InChI is InChI=1S/C51H34N6/c1-33-52-53-51(54(33)35-15-3-2-4-16-35)34-14-13-17-36(30-34)55-49-28-26-37(56-45-22-9-5-18-39(45)40-19-6-10-23-46(40)56)31-43(49)44-32-38(27-29-50(44)55)57-47-24-11-7-20-41(47)42-21-8-12-25-48(42)57/h2-32H,1H3. The smallest absolute Gasteiger partial charge is 0.168 e. The van der Waals surface area contributed by atoms with Gasteiger partial charge in [0.05, 0.1) is 33.1 Å². The highest BCUT2D eigenvalue weighted by Gasteiger charge is 2.20. The van der Waals surface area contributed by atoms with Gasteiger partial charge in [0.2, 0.25) is 0 Å². The van der Waals surface area contributed by atoms with Crippen LogP contribution in [0.2, 0.25) is 0 Å². The number of aromatic nitrogens is 6. The van der Waals surface area contributed by atoms with E-state index in [0.717, 1.165) is 51.0 Å². The van der Waals surface area contributed by atoms with Gasteiger partial charge in [0, 0.05) is 60.6 Å². The number of hydrogen-bond donors (Lipinski definition) is 0. The molecule has 0 bridgehead atoms. The summed E-state index contributed by atoms with van der Waals surface area (Å²) in [5.41, 5.74) is 12.4. The second-order valence-corrected chi connectivity index (χ2v) is 14.8. The van der Waals surface area contributed by atoms with Crippen LogP contribution in [0.1, 0.15) is 5.82 Å². The van der Waals surface area contributed by atoms with Gasteiger partial charge in [0.15, 0.2) is 5.82 Å². The van der Waals surface area contributed by atoms with Crippen molar-refractivity contribution < 1.29 is 0 Å². The van der Waals surface area contributed by atoms with Crippen molar-refractivity contribution in [3.05, 3.63) is 194 Å². The lowest BCUT2D eigenvalue weighted by Gasteiger charge is -2.13. The normalized spacial score (nSPS) is 11.9. The van der Waals surface area contributed by atoms with Crippen molar-refractivity contribution in [2.45, 2.75) is 6.92 Å². The molecular weight excluding hydrogens is 697 g/mol. The summed E-state index contributed by atoms with van der Waals surface area (Å²) in [6.45, 7) is 2.00. The molecule has 268 valence electrons. The average molecular weight is 731 g/mol. The van der Waals surface area contributed by atoms with E-state index in [1.807, 2.05) is 25.1 Å². The summed E-state index contributed by atoms with van der Waals surface area (Å²) in [7, 11) is 0. The van der Waals surface area contributed by atoms with E-state index in [1.165, 1.54) is 54.4 Å². The van der Waals surface area contributed by atoms with Crippen LogP contribution < -0.4 is 0 Å². The van der Waals surface area contributed by atoms with E-state index in [4.69, 9.17) is 0 Å². The highest BCUT2D eigenvalue weighted by molar-refractivity contribution is 6.14. The summed E-state index contributed by atoms with van der Waals surface area (Å²) >= 11 is 0. The fourth-order valence-electron chi connectivity index (χ4n) is 9.18. The molecule has 57 heavy (non-hydrogen) atoms. The Kier molecular flexibility index (Phi) is 6.74. The second kappa shape index (κ2) is 12.2. The summed E-state index contributed by atoms with van der Waals surface area (Å²) < 4.78 is 9.34. The molecule has 4 heterocycles. The molecule has 8 aromatic carbocycles. The minimum atomic E-state index is 0.809. The summed E-state index contributed by atoms with van der Waals surface area (Å²) in [6, 6.07) is 67.7. The molecule has 0 saturated carbocycles. The van der Waals surface area contributed by atoms with E-state index < -0.39 is 0 Å². The lowest BCUT2D eigenvalue weighted by molar-refractivity contribution is 0.972. The van der Waals surface area contributed by atoms with Crippen molar-refractivity contribution in [1.82, 2.24) is 28.5 Å². The average Bonchev–Trinajstić information content (AvgIpc) is 4.01. The largest absolute Gasteiger partial charge is 0.309 e. The topological polar surface area (TPSA) is 45.5 Å². The zero-order chi connectivity index (χ0) is 37.6. The fraction of sp³-hybridized carbons (Fsp3) is 0.0196. The van der Waals surface area contributed by atoms with Crippen LogP contribution >= 0.6 is 0 Å². The van der Waals surface area contributed by atoms with Gasteiger partial charge in [-0.25, -0.2) is 0 Å². The van der Waals surface area contributed by atoms with Gasteiger partial charge in [-0.05, 0) is 91.9 Å². The van der Waals surface area contributed by atoms with Crippen molar-refractivity contribution in [3.8, 4) is 34.1 Å². The van der Waals surface area contributed by atoms with Crippen LogP contribution in [0.4, 0.5) is 0 Å². The molecule has 6 heteroatoms. The lowest BCUT2D eigenvalue weighted by atomic mass is 10.1. The molecule has 0 spiro atoms. The van der Waals surface area contributed by atoms with Crippen LogP contribution in [0.5, 0.6) is 0 Å². The number of fused-ring (bicyclic) bond motifs is 9. The predicted octanol–water partition coefficient (Wildman–Crippen LogP) is 12.5. The van der Waals surface area contributed by atoms with Crippen LogP contribution in [0.25, 0.3) is 99.6 Å². The van der Waals surface area contributed by atoms with Gasteiger partial charge < -0.3 is 13.7 Å². The van der Waals surface area contributed by atoms with Gasteiger partial charge >= 0.3 is 0 Å². The van der Waals surface area contributed by atoms with Crippen molar-refractivity contribution in [3.63, 3.8) is 0 Å². The third kappa shape index (κ3) is 4.65. The molecule has 12 aromatic rings. The van der Waals surface area contributed by atoms with Crippen LogP contribution in [0, 0.1) is 6.92 Å². The minimum absolute atomic E-state index is 0.809. The molecule has 0 saturated heterocycles. The van der Waals surface area contributed by atoms with E-state index in [-0.39, 0.29) is 0 Å². The van der Waals surface area contributed by atoms with E-state index >= 15 is 0 Å². The third-order valence-corrected chi connectivity index (χ3v) is 11.6. The summed E-state index contributed by atoms with van der Waals surface area (Å²) in [5.74, 6) is 1.65. The van der Waals surface area contributed by atoms with Crippen LogP contribution in [0.15, 0.2) is 188 Å². The first-order chi connectivity index (χ1) is 28.2. The molecule has 0 aliphatic carbocycles. The maximum atomic E-state index is 4.69. The van der Waals surface area contributed by atoms with Crippen molar-refractivity contribution in [1.29, 1.82) is 0 Å². The van der Waals surface area contributed by atoms with E-state index in [0.29, 0.717) is 0 Å². The molecule has 0 unspecified atom stereocenters. The van der Waals surface area contributed by atoms with Gasteiger partial charge in [0.1, 0.15) is 5.82 Å². The molecule has 0 aliphatic rings. The number of hydrogen-bond acceptors (Lipinski definition) is 2. The van der Waals surface area contributed by atoms with Crippen molar-refractivity contribution in [2.24, 2.45) is 0 Å². The fourth-order valence-corrected chi connectivity index (χ4v) is 9.18. The Bertz CT molecular complexity index is 3260. The van der Waals surface area contributed by atoms with Crippen LogP contribution in [-0.2, 0) is 0 Å². The van der Waals surface area contributed by atoms with Gasteiger partial charge in [-0.15, -0.1) is 10.2 Å². The number of nitrogens with zero attached hydrogens (tertiary/aromatic N) is 6. The molecule has 0 radical (unpaired) electrons. The Morgan fingerprint density at radius 1 is 0.298 bits per heavy atom. The molecule has 0 N–H and O–H groups in total. The molecule has 0 amide bonds. The van der Waals surface area contributed by atoms with E-state index in [9.17, 15) is 0 Å². The number of rotatable bonds is 5. The molecule has 4 aromatic heterocycles. The van der Waals surface area contributed by atoms with Crippen molar-refractivity contribution in [2.75, 3.05) is 0 Å². The minimum Gasteiger partial charge on any atom is -0.309 e. The van der Waals surface area contributed by atoms with Gasteiger partial charge in [-0.3, -0.25) is 4.57 Å². The first-order valence-electron chi connectivity index (χ1n) is 19.3. The molecule has 6 nitrogen and oxygen atoms in total. The zero-order valence-corrected chi connectivity index (χ0v) is 31.1. The Morgan fingerprint density at radius 3 is 1.19 bits per heavy atom. The lowest BCUT2D eigenvalue weighted by Crippen LogP contribution is -2.01. The summed E-state index contributed by atoms with van der Waals surface area (Å²) in [6.07, 6.45) is 0. The quantitative estimate of drug-likeness (QED) is 0.177. The third-order valence-electron chi connectivity index (χ3n) is 11.6. The molecule has 0 aliphatic heterocycles. The zero-order valence-electron chi connectivity index (χ0n) is 31.1. The molecule has 0 atom stereocenters.